The molecule has 1 atom stereocenters. The predicted molar refractivity (Wildman–Crippen MR) is 159 cm³/mol. The van der Waals surface area contributed by atoms with Crippen molar-refractivity contribution in [3.63, 3.8) is 0 Å². The Morgan fingerprint density at radius 1 is 1.24 bits per heavy atom. The number of anilines is 1. The average molecular weight is 686 g/mol. The number of hydrogen-bond donors (Lipinski definition) is 3. The van der Waals surface area contributed by atoms with E-state index in [0.717, 1.165) is 0 Å². The molecule has 0 saturated heterocycles. The first-order chi connectivity index (χ1) is 19.6. The normalized spacial score (nSPS) is 12.3. The summed E-state index contributed by atoms with van der Waals surface area (Å²) in [5, 5.41) is 11.2. The molecule has 0 aliphatic rings. The summed E-state index contributed by atoms with van der Waals surface area (Å²) in [6.45, 7) is 1.41. The fraction of sp³-hybridized carbons (Fsp3) is 0.200. The van der Waals surface area contributed by atoms with E-state index in [0.29, 0.717) is 16.6 Å². The molecule has 41 heavy (non-hydrogen) atoms. The molecule has 0 fully saturated rings. The highest BCUT2D eigenvalue weighted by Crippen LogP contribution is 2.20. The fourth-order valence-corrected chi connectivity index (χ4v) is 5.42. The second-order valence-electron chi connectivity index (χ2n) is 9.02. The van der Waals surface area contributed by atoms with Gasteiger partial charge in [-0.05, 0) is 25.1 Å². The topological polar surface area (TPSA) is 184 Å². The Bertz CT molecular complexity index is 2040. The quantitative estimate of drug-likeness (QED) is 0.127. The molecule has 1 unspecified atom stereocenters. The van der Waals surface area contributed by atoms with Gasteiger partial charge in [-0.2, -0.15) is 8.03 Å². The van der Waals surface area contributed by atoms with Crippen molar-refractivity contribution in [1.29, 1.82) is 0 Å². The molecule has 0 bridgehead atoms. The zero-order chi connectivity index (χ0) is 29.3. The van der Waals surface area contributed by atoms with Crippen LogP contribution in [0, 0.1) is 11.8 Å². The van der Waals surface area contributed by atoms with Gasteiger partial charge >= 0.3 is 0 Å². The highest BCUT2D eigenvalue weighted by molar-refractivity contribution is 14.1. The molecular formula is C25H23IN10O4S. The van der Waals surface area contributed by atoms with Gasteiger partial charge in [0.1, 0.15) is 11.4 Å². The van der Waals surface area contributed by atoms with E-state index in [1.165, 1.54) is 38.1 Å². The van der Waals surface area contributed by atoms with Crippen LogP contribution in [0.3, 0.4) is 0 Å². The third kappa shape index (κ3) is 5.77. The number of nitrogen functional groups attached to an aromatic ring is 1. The standard InChI is InChI=1S/C25H23IN10O4S/c1-15(30-24(37)20-21(27)32-36-10-4-9-28-23(20)36)22-31-18-6-3-5-17(8-7-16-13-29-34(2)14-16)19(18)25(38)35(22)11-12-41(39,40)33-26/h3-6,9-10,13-15,33H,11-12H2,1-2H3,(H2,27,32)(H,30,37). The first kappa shape index (κ1) is 28.2. The van der Waals surface area contributed by atoms with Crippen molar-refractivity contribution in [2.24, 2.45) is 7.05 Å². The molecule has 0 aliphatic heterocycles. The van der Waals surface area contributed by atoms with Crippen LogP contribution in [-0.4, -0.2) is 54.0 Å². The van der Waals surface area contributed by atoms with Crippen LogP contribution in [-0.2, 0) is 23.6 Å². The molecule has 4 N–H and O–H groups in total. The molecule has 0 saturated carbocycles. The molecule has 0 aliphatic carbocycles. The van der Waals surface area contributed by atoms with E-state index in [1.54, 1.807) is 61.5 Å². The SMILES string of the molecule is CC(NC(=O)c1c(N)nn2cccnc12)c1nc2cccc(C#Cc3cnn(C)c3)c2c(=O)n1CCS(=O)(=O)NI. The summed E-state index contributed by atoms with van der Waals surface area (Å²) in [6, 6.07) is 5.88. The maximum Gasteiger partial charge on any atom is 0.262 e. The highest BCUT2D eigenvalue weighted by atomic mass is 127. The van der Waals surface area contributed by atoms with Crippen molar-refractivity contribution in [2.75, 3.05) is 11.5 Å². The van der Waals surface area contributed by atoms with Crippen LogP contribution in [0.25, 0.3) is 16.6 Å². The number of hydrogen-bond acceptors (Lipinski definition) is 9. The smallest absolute Gasteiger partial charge is 0.262 e. The summed E-state index contributed by atoms with van der Waals surface area (Å²) < 4.78 is 31.0. The maximum atomic E-state index is 13.9. The van der Waals surface area contributed by atoms with Crippen molar-refractivity contribution in [1.82, 2.24) is 42.2 Å². The van der Waals surface area contributed by atoms with Gasteiger partial charge in [-0.15, -0.1) is 5.10 Å². The van der Waals surface area contributed by atoms with Crippen LogP contribution in [0.4, 0.5) is 5.82 Å². The summed E-state index contributed by atoms with van der Waals surface area (Å²) in [4.78, 5) is 36.1. The van der Waals surface area contributed by atoms with Gasteiger partial charge in [0.25, 0.3) is 11.5 Å². The number of sulfonamides is 1. The predicted octanol–water partition coefficient (Wildman–Crippen LogP) is 0.915. The lowest BCUT2D eigenvalue weighted by Crippen LogP contribution is -2.36. The van der Waals surface area contributed by atoms with E-state index in [1.807, 2.05) is 0 Å². The number of aryl methyl sites for hydroxylation is 1. The summed E-state index contributed by atoms with van der Waals surface area (Å²) in [7, 11) is -1.91. The molecule has 1 amide bonds. The van der Waals surface area contributed by atoms with Crippen molar-refractivity contribution >= 4 is 61.2 Å². The molecular weight excluding hydrogens is 663 g/mol. The van der Waals surface area contributed by atoms with Crippen LogP contribution in [0.15, 0.2) is 53.8 Å². The van der Waals surface area contributed by atoms with Crippen LogP contribution in [0.2, 0.25) is 0 Å². The maximum absolute atomic E-state index is 13.9. The van der Waals surface area contributed by atoms with Crippen LogP contribution >= 0.6 is 22.9 Å². The molecule has 5 rings (SSSR count). The Kier molecular flexibility index (Phi) is 7.75. The number of aromatic nitrogens is 7. The van der Waals surface area contributed by atoms with Gasteiger partial charge in [0.15, 0.2) is 11.5 Å². The third-order valence-electron chi connectivity index (χ3n) is 6.14. The Labute approximate surface area is 247 Å². The number of amides is 1. The Morgan fingerprint density at radius 2 is 2.05 bits per heavy atom. The van der Waals surface area contributed by atoms with Gasteiger partial charge in [-0.25, -0.2) is 22.9 Å². The summed E-state index contributed by atoms with van der Waals surface area (Å²) in [6.07, 6.45) is 6.46. The number of carbonyl (C=O) groups excluding carboxylic acids is 1. The molecule has 14 nitrogen and oxygen atoms in total. The minimum absolute atomic E-state index is 0.0201. The first-order valence-corrected chi connectivity index (χ1v) is 14.8. The van der Waals surface area contributed by atoms with Crippen molar-refractivity contribution in [2.45, 2.75) is 19.5 Å². The van der Waals surface area contributed by atoms with E-state index < -0.39 is 33.3 Å². The summed E-state index contributed by atoms with van der Waals surface area (Å²) >= 11 is 1.52. The number of nitrogens with two attached hydrogens (primary N) is 1. The molecule has 0 spiro atoms. The number of nitrogens with zero attached hydrogens (tertiary/aromatic N) is 7. The monoisotopic (exact) mass is 686 g/mol. The number of nitrogens with one attached hydrogen (secondary N) is 2. The molecule has 16 heteroatoms. The zero-order valence-electron chi connectivity index (χ0n) is 21.7. The van der Waals surface area contributed by atoms with Crippen molar-refractivity contribution in [3.8, 4) is 11.8 Å². The van der Waals surface area contributed by atoms with Crippen molar-refractivity contribution in [3.05, 3.63) is 81.9 Å². The molecule has 1 aromatic carbocycles. The van der Waals surface area contributed by atoms with Crippen molar-refractivity contribution < 1.29 is 13.2 Å². The van der Waals surface area contributed by atoms with Gasteiger partial charge < -0.3 is 11.1 Å². The van der Waals surface area contributed by atoms with Gasteiger partial charge in [-0.1, -0.05) is 17.9 Å². The van der Waals surface area contributed by atoms with Crippen LogP contribution < -0.4 is 19.5 Å². The Hall–Kier alpha value is -4.34. The van der Waals surface area contributed by atoms with Crippen LogP contribution in [0.1, 0.15) is 40.3 Å². The summed E-state index contributed by atoms with van der Waals surface area (Å²) in [5.41, 5.74) is 7.24. The van der Waals surface area contributed by atoms with E-state index in [2.05, 4.69) is 40.3 Å². The van der Waals surface area contributed by atoms with Gasteiger partial charge in [0.2, 0.25) is 10.0 Å². The van der Waals surface area contributed by atoms with E-state index >= 15 is 0 Å². The lowest BCUT2D eigenvalue weighted by Gasteiger charge is -2.20. The van der Waals surface area contributed by atoms with Gasteiger partial charge in [-0.3, -0.25) is 18.8 Å². The summed E-state index contributed by atoms with van der Waals surface area (Å²) in [5.74, 6) is 5.14. The molecule has 0 radical (unpaired) electrons. The molecule has 4 heterocycles. The zero-order valence-corrected chi connectivity index (χ0v) is 24.7. The van der Waals surface area contributed by atoms with E-state index in [-0.39, 0.29) is 34.8 Å². The lowest BCUT2D eigenvalue weighted by molar-refractivity contribution is 0.0939. The minimum Gasteiger partial charge on any atom is -0.381 e. The second-order valence-corrected chi connectivity index (χ2v) is 12.1. The highest BCUT2D eigenvalue weighted by Gasteiger charge is 2.25. The number of fused-ring (bicyclic) bond motifs is 2. The Morgan fingerprint density at radius 3 is 2.78 bits per heavy atom. The van der Waals surface area contributed by atoms with E-state index in [9.17, 15) is 18.0 Å². The molecule has 210 valence electrons. The minimum atomic E-state index is -3.68. The number of benzene rings is 1. The third-order valence-corrected chi connectivity index (χ3v) is 9.11. The first-order valence-electron chi connectivity index (χ1n) is 12.1. The van der Waals surface area contributed by atoms with Gasteiger partial charge in [0, 0.05) is 60.6 Å². The number of rotatable bonds is 7. The second kappa shape index (κ2) is 11.3. The molecule has 4 aromatic heterocycles. The fourth-order valence-electron chi connectivity index (χ4n) is 4.26. The lowest BCUT2D eigenvalue weighted by atomic mass is 10.1. The Balaban J connectivity index is 1.59. The largest absolute Gasteiger partial charge is 0.381 e. The number of halogens is 1. The average Bonchev–Trinajstić information content (AvgIpc) is 3.52. The van der Waals surface area contributed by atoms with E-state index in [4.69, 9.17) is 5.73 Å². The molecule has 5 aromatic rings. The van der Waals surface area contributed by atoms with Crippen LogP contribution in [0.5, 0.6) is 0 Å². The van der Waals surface area contributed by atoms with Gasteiger partial charge in [0.05, 0.1) is 34.5 Å². The number of carbonyl (C=O) groups is 1.